The first-order valence-electron chi connectivity index (χ1n) is 7.47. The SMILES string of the molecule is CCCNC(=O)C1CCN(S(=O)(=O)c2ccc(C(=O)O)o2)CC1. The number of carbonyl (C=O) groups is 2. The van der Waals surface area contributed by atoms with Gasteiger partial charge in [0.1, 0.15) is 0 Å². The lowest BCUT2D eigenvalue weighted by Crippen LogP contribution is -2.43. The molecule has 2 N–H and O–H groups in total. The Hall–Kier alpha value is -1.87. The predicted octanol–water partition coefficient (Wildman–Crippen LogP) is 0.905. The fourth-order valence-electron chi connectivity index (χ4n) is 2.45. The van der Waals surface area contributed by atoms with Crippen molar-refractivity contribution < 1.29 is 27.5 Å². The number of furan rings is 1. The van der Waals surface area contributed by atoms with Gasteiger partial charge in [0.15, 0.2) is 0 Å². The van der Waals surface area contributed by atoms with Crippen molar-refractivity contribution in [2.75, 3.05) is 19.6 Å². The van der Waals surface area contributed by atoms with Gasteiger partial charge in [-0.2, -0.15) is 4.31 Å². The molecule has 0 radical (unpaired) electrons. The van der Waals surface area contributed by atoms with Crippen molar-refractivity contribution >= 4 is 21.9 Å². The molecule has 0 spiro atoms. The molecule has 1 aliphatic heterocycles. The summed E-state index contributed by atoms with van der Waals surface area (Å²) in [4.78, 5) is 22.7. The number of sulfonamides is 1. The standard InChI is InChI=1S/C14H20N2O6S/c1-2-7-15-13(17)10-5-8-16(9-6-10)23(20,21)12-4-3-11(22-12)14(18)19/h3-4,10H,2,5-9H2,1H3,(H,15,17)(H,18,19). The number of carbonyl (C=O) groups excluding carboxylic acids is 1. The lowest BCUT2D eigenvalue weighted by Gasteiger charge is -2.29. The molecule has 128 valence electrons. The van der Waals surface area contributed by atoms with Gasteiger partial charge in [-0.25, -0.2) is 13.2 Å². The van der Waals surface area contributed by atoms with E-state index in [1.54, 1.807) is 0 Å². The normalized spacial score (nSPS) is 17.1. The maximum absolute atomic E-state index is 12.4. The van der Waals surface area contributed by atoms with Crippen LogP contribution in [0.2, 0.25) is 0 Å². The maximum Gasteiger partial charge on any atom is 0.371 e. The van der Waals surface area contributed by atoms with Crippen molar-refractivity contribution in [1.29, 1.82) is 0 Å². The van der Waals surface area contributed by atoms with Crippen molar-refractivity contribution in [3.05, 3.63) is 17.9 Å². The molecule has 0 bridgehead atoms. The molecule has 2 rings (SSSR count). The Morgan fingerprint density at radius 1 is 1.35 bits per heavy atom. The van der Waals surface area contributed by atoms with E-state index in [4.69, 9.17) is 9.52 Å². The fraction of sp³-hybridized carbons (Fsp3) is 0.571. The molecular formula is C14H20N2O6S. The molecule has 1 aromatic rings. The summed E-state index contributed by atoms with van der Waals surface area (Å²) in [5.41, 5.74) is 0. The third kappa shape index (κ3) is 3.91. The molecule has 1 aliphatic rings. The highest BCUT2D eigenvalue weighted by Gasteiger charge is 2.34. The van der Waals surface area contributed by atoms with Gasteiger partial charge in [0.05, 0.1) is 0 Å². The van der Waals surface area contributed by atoms with Crippen molar-refractivity contribution in [3.63, 3.8) is 0 Å². The predicted molar refractivity (Wildman–Crippen MR) is 80.5 cm³/mol. The molecule has 8 nitrogen and oxygen atoms in total. The second-order valence-corrected chi connectivity index (χ2v) is 7.26. The van der Waals surface area contributed by atoms with E-state index in [9.17, 15) is 18.0 Å². The minimum Gasteiger partial charge on any atom is -0.475 e. The molecule has 0 unspecified atom stereocenters. The summed E-state index contributed by atoms with van der Waals surface area (Å²) in [6, 6.07) is 2.25. The molecule has 0 aromatic carbocycles. The number of nitrogens with one attached hydrogen (secondary N) is 1. The van der Waals surface area contributed by atoms with E-state index in [2.05, 4.69) is 5.32 Å². The first-order chi connectivity index (χ1) is 10.9. The van der Waals surface area contributed by atoms with Gasteiger partial charge >= 0.3 is 5.97 Å². The highest BCUT2D eigenvalue weighted by Crippen LogP contribution is 2.25. The number of amides is 1. The van der Waals surface area contributed by atoms with E-state index in [1.807, 2.05) is 6.92 Å². The molecular weight excluding hydrogens is 324 g/mol. The van der Waals surface area contributed by atoms with Crippen LogP contribution in [0, 0.1) is 5.92 Å². The number of nitrogens with zero attached hydrogens (tertiary/aromatic N) is 1. The minimum absolute atomic E-state index is 0.0462. The van der Waals surface area contributed by atoms with Crippen LogP contribution < -0.4 is 5.32 Å². The van der Waals surface area contributed by atoms with Crippen molar-refractivity contribution in [2.45, 2.75) is 31.3 Å². The first-order valence-corrected chi connectivity index (χ1v) is 8.91. The Labute approximate surface area is 134 Å². The van der Waals surface area contributed by atoms with Crippen LogP contribution in [0.3, 0.4) is 0 Å². The quantitative estimate of drug-likeness (QED) is 0.792. The lowest BCUT2D eigenvalue weighted by molar-refractivity contribution is -0.126. The van der Waals surface area contributed by atoms with E-state index in [-0.39, 0.29) is 30.0 Å². The number of hydrogen-bond donors (Lipinski definition) is 2. The van der Waals surface area contributed by atoms with Crippen LogP contribution in [0.4, 0.5) is 0 Å². The summed E-state index contributed by atoms with van der Waals surface area (Å²) in [7, 11) is -3.87. The molecule has 1 saturated heterocycles. The van der Waals surface area contributed by atoms with E-state index in [1.165, 1.54) is 4.31 Å². The summed E-state index contributed by atoms with van der Waals surface area (Å²) in [6.07, 6.45) is 1.71. The summed E-state index contributed by atoms with van der Waals surface area (Å²) < 4.78 is 30.9. The van der Waals surface area contributed by atoms with Gasteiger partial charge in [-0.1, -0.05) is 6.92 Å². The minimum atomic E-state index is -3.87. The van der Waals surface area contributed by atoms with Gasteiger partial charge < -0.3 is 14.8 Å². The van der Waals surface area contributed by atoms with Crippen molar-refractivity contribution in [2.24, 2.45) is 5.92 Å². The third-order valence-electron chi connectivity index (χ3n) is 3.76. The molecule has 1 amide bonds. The lowest BCUT2D eigenvalue weighted by atomic mass is 9.97. The molecule has 1 aromatic heterocycles. The molecule has 2 heterocycles. The smallest absolute Gasteiger partial charge is 0.371 e. The van der Waals surface area contributed by atoms with Crippen LogP contribution in [0.5, 0.6) is 0 Å². The van der Waals surface area contributed by atoms with E-state index < -0.39 is 21.8 Å². The Balaban J connectivity index is 2.00. The van der Waals surface area contributed by atoms with Gasteiger partial charge in [0.25, 0.3) is 10.0 Å². The van der Waals surface area contributed by atoms with Crippen LogP contribution in [-0.4, -0.2) is 49.3 Å². The third-order valence-corrected chi connectivity index (χ3v) is 5.53. The number of carboxylic acid groups (broad SMARTS) is 1. The second-order valence-electron chi connectivity index (χ2n) is 5.39. The first kappa shape index (κ1) is 17.5. The second kappa shape index (κ2) is 7.14. The van der Waals surface area contributed by atoms with Crippen LogP contribution in [0.25, 0.3) is 0 Å². The van der Waals surface area contributed by atoms with Gasteiger partial charge in [0.2, 0.25) is 16.8 Å². The number of hydrogen-bond acceptors (Lipinski definition) is 5. The van der Waals surface area contributed by atoms with Crippen LogP contribution in [0.15, 0.2) is 21.6 Å². The highest BCUT2D eigenvalue weighted by molar-refractivity contribution is 7.89. The zero-order valence-electron chi connectivity index (χ0n) is 12.8. The Morgan fingerprint density at radius 2 is 2.00 bits per heavy atom. The largest absolute Gasteiger partial charge is 0.475 e. The highest BCUT2D eigenvalue weighted by atomic mass is 32.2. The molecule has 1 fully saturated rings. The zero-order valence-corrected chi connectivity index (χ0v) is 13.6. The van der Waals surface area contributed by atoms with Crippen LogP contribution >= 0.6 is 0 Å². The molecule has 0 saturated carbocycles. The van der Waals surface area contributed by atoms with E-state index in [0.29, 0.717) is 19.4 Å². The summed E-state index contributed by atoms with van der Waals surface area (Å²) in [6.45, 7) is 2.98. The molecule has 9 heteroatoms. The summed E-state index contributed by atoms with van der Waals surface area (Å²) >= 11 is 0. The maximum atomic E-state index is 12.4. The van der Waals surface area contributed by atoms with E-state index >= 15 is 0 Å². The van der Waals surface area contributed by atoms with Gasteiger partial charge in [-0.15, -0.1) is 0 Å². The molecule has 23 heavy (non-hydrogen) atoms. The topological polar surface area (TPSA) is 117 Å². The number of carboxylic acids is 1. The zero-order chi connectivity index (χ0) is 17.0. The average molecular weight is 344 g/mol. The monoisotopic (exact) mass is 344 g/mol. The molecule has 0 atom stereocenters. The van der Waals surface area contributed by atoms with Crippen molar-refractivity contribution in [3.8, 4) is 0 Å². The Bertz CT molecular complexity index is 673. The van der Waals surface area contributed by atoms with Crippen molar-refractivity contribution in [1.82, 2.24) is 9.62 Å². The number of aromatic carboxylic acids is 1. The summed E-state index contributed by atoms with van der Waals surface area (Å²) in [5.74, 6) is -1.98. The fourth-order valence-corrected chi connectivity index (χ4v) is 3.83. The molecule has 0 aliphatic carbocycles. The number of piperidine rings is 1. The van der Waals surface area contributed by atoms with E-state index in [0.717, 1.165) is 18.6 Å². The van der Waals surface area contributed by atoms with Gasteiger partial charge in [0, 0.05) is 25.6 Å². The average Bonchev–Trinajstić information content (AvgIpc) is 3.03. The Kier molecular flexibility index (Phi) is 5.42. The Morgan fingerprint density at radius 3 is 2.52 bits per heavy atom. The summed E-state index contributed by atoms with van der Waals surface area (Å²) in [5, 5.41) is 11.2. The number of rotatable bonds is 6. The van der Waals surface area contributed by atoms with Gasteiger partial charge in [-0.05, 0) is 31.4 Å². The van der Waals surface area contributed by atoms with Gasteiger partial charge in [-0.3, -0.25) is 4.79 Å². The van der Waals surface area contributed by atoms with Crippen LogP contribution in [-0.2, 0) is 14.8 Å². The van der Waals surface area contributed by atoms with Crippen LogP contribution in [0.1, 0.15) is 36.7 Å².